The van der Waals surface area contributed by atoms with E-state index in [1.54, 1.807) is 12.1 Å². The number of nitrogens with one attached hydrogen (secondary N) is 1. The molecule has 0 saturated carbocycles. The zero-order valence-electron chi connectivity index (χ0n) is 16.4. The van der Waals surface area contributed by atoms with E-state index < -0.39 is 5.91 Å². The van der Waals surface area contributed by atoms with Crippen LogP contribution in [-0.2, 0) is 10.2 Å². The van der Waals surface area contributed by atoms with Gasteiger partial charge in [-0.1, -0.05) is 68.4 Å². The molecule has 3 aromatic rings. The topological polar surface area (TPSA) is 50.7 Å². The van der Waals surface area contributed by atoms with E-state index in [2.05, 4.69) is 36.5 Å². The van der Waals surface area contributed by atoms with Crippen molar-refractivity contribution in [3.8, 4) is 5.75 Å². The van der Waals surface area contributed by atoms with Gasteiger partial charge in [0, 0.05) is 5.41 Å². The average molecular weight is 390 g/mol. The molecule has 3 aromatic carbocycles. The van der Waals surface area contributed by atoms with Gasteiger partial charge in [0.25, 0.3) is 5.91 Å². The van der Waals surface area contributed by atoms with Crippen molar-refractivity contribution in [3.05, 3.63) is 101 Å². The van der Waals surface area contributed by atoms with Gasteiger partial charge in [0.05, 0.1) is 6.21 Å². The molecular formula is C24H23FN2O2. The predicted octanol–water partition coefficient (Wildman–Crippen LogP) is 4.68. The first kappa shape index (κ1) is 20.3. The van der Waals surface area contributed by atoms with Gasteiger partial charge < -0.3 is 4.74 Å². The molecule has 0 bridgehead atoms. The number of amides is 1. The Labute approximate surface area is 170 Å². The summed E-state index contributed by atoms with van der Waals surface area (Å²) in [6.07, 6.45) is 1.38. The fourth-order valence-corrected chi connectivity index (χ4v) is 2.94. The summed E-state index contributed by atoms with van der Waals surface area (Å²) in [5.74, 6) is -0.157. The zero-order valence-corrected chi connectivity index (χ0v) is 16.4. The third-order valence-corrected chi connectivity index (χ3v) is 4.69. The number of hydrogen-bond acceptors (Lipinski definition) is 3. The molecule has 0 unspecified atom stereocenters. The van der Waals surface area contributed by atoms with E-state index in [4.69, 9.17) is 4.74 Å². The van der Waals surface area contributed by atoms with Crippen molar-refractivity contribution in [3.63, 3.8) is 0 Å². The number of rotatable bonds is 7. The molecule has 5 heteroatoms. The monoisotopic (exact) mass is 390 g/mol. The maximum atomic E-state index is 13.1. The molecule has 1 N–H and O–H groups in total. The maximum Gasteiger partial charge on any atom is 0.277 e. The highest BCUT2D eigenvalue weighted by molar-refractivity contribution is 5.82. The van der Waals surface area contributed by atoms with Crippen LogP contribution in [0.5, 0.6) is 5.75 Å². The Bertz CT molecular complexity index is 983. The Morgan fingerprint density at radius 2 is 1.69 bits per heavy atom. The quantitative estimate of drug-likeness (QED) is 0.470. The predicted molar refractivity (Wildman–Crippen MR) is 113 cm³/mol. The van der Waals surface area contributed by atoms with Crippen LogP contribution in [0, 0.1) is 5.82 Å². The number of ether oxygens (including phenoxy) is 1. The van der Waals surface area contributed by atoms with Crippen LogP contribution < -0.4 is 10.2 Å². The molecule has 0 aliphatic heterocycles. The summed E-state index contributed by atoms with van der Waals surface area (Å²) in [5.41, 5.74) is 5.16. The minimum atomic E-state index is -0.397. The first-order valence-corrected chi connectivity index (χ1v) is 9.31. The van der Waals surface area contributed by atoms with E-state index in [-0.39, 0.29) is 17.8 Å². The molecule has 29 heavy (non-hydrogen) atoms. The van der Waals surface area contributed by atoms with Gasteiger partial charge in [0.15, 0.2) is 6.61 Å². The van der Waals surface area contributed by atoms with E-state index >= 15 is 0 Å². The molecule has 0 spiro atoms. The number of hydrogen-bond donors (Lipinski definition) is 1. The van der Waals surface area contributed by atoms with Crippen LogP contribution in [-0.4, -0.2) is 18.7 Å². The molecule has 0 aliphatic rings. The highest BCUT2D eigenvalue weighted by Crippen LogP contribution is 2.32. The van der Waals surface area contributed by atoms with Crippen molar-refractivity contribution >= 4 is 12.1 Å². The fourth-order valence-electron chi connectivity index (χ4n) is 2.94. The van der Waals surface area contributed by atoms with Crippen LogP contribution in [0.25, 0.3) is 0 Å². The van der Waals surface area contributed by atoms with Crippen molar-refractivity contribution in [1.82, 2.24) is 5.43 Å². The Morgan fingerprint density at radius 1 is 1.00 bits per heavy atom. The molecule has 0 aromatic heterocycles. The second kappa shape index (κ2) is 9.15. The van der Waals surface area contributed by atoms with Crippen molar-refractivity contribution in [2.45, 2.75) is 19.3 Å². The Balaban J connectivity index is 1.53. The molecule has 0 atom stereocenters. The highest BCUT2D eigenvalue weighted by atomic mass is 19.1. The van der Waals surface area contributed by atoms with Gasteiger partial charge in [-0.05, 0) is 41.0 Å². The Kier molecular flexibility index (Phi) is 6.39. The lowest BCUT2D eigenvalue weighted by molar-refractivity contribution is -0.123. The third-order valence-electron chi connectivity index (χ3n) is 4.69. The maximum absolute atomic E-state index is 13.1. The normalized spacial score (nSPS) is 11.4. The van der Waals surface area contributed by atoms with Gasteiger partial charge in [-0.3, -0.25) is 4.79 Å². The molecule has 0 saturated heterocycles. The molecule has 1 amide bonds. The van der Waals surface area contributed by atoms with Crippen LogP contribution in [0.3, 0.4) is 0 Å². The Morgan fingerprint density at radius 3 is 2.38 bits per heavy atom. The number of nitrogens with zero attached hydrogens (tertiary/aromatic N) is 1. The van der Waals surface area contributed by atoms with E-state index in [9.17, 15) is 9.18 Å². The Hall–Kier alpha value is -3.47. The lowest BCUT2D eigenvalue weighted by atomic mass is 9.78. The SMILES string of the molecule is CC(C)(c1ccccc1)c1ccc(OCC(=O)N/N=C/c2cccc(F)c2)cc1. The number of benzene rings is 3. The molecule has 0 fully saturated rings. The van der Waals surface area contributed by atoms with Crippen LogP contribution >= 0.6 is 0 Å². The second-order valence-electron chi connectivity index (χ2n) is 7.15. The summed E-state index contributed by atoms with van der Waals surface area (Å²) in [7, 11) is 0. The summed E-state index contributed by atoms with van der Waals surface area (Å²) < 4.78 is 18.6. The van der Waals surface area contributed by atoms with Crippen LogP contribution in [0.2, 0.25) is 0 Å². The average Bonchev–Trinajstić information content (AvgIpc) is 2.73. The van der Waals surface area contributed by atoms with Gasteiger partial charge in [-0.2, -0.15) is 5.10 Å². The number of halogens is 1. The lowest BCUT2D eigenvalue weighted by Crippen LogP contribution is -2.24. The van der Waals surface area contributed by atoms with Crippen LogP contribution in [0.4, 0.5) is 4.39 Å². The second-order valence-corrected chi connectivity index (χ2v) is 7.15. The van der Waals surface area contributed by atoms with E-state index in [1.165, 1.54) is 23.9 Å². The van der Waals surface area contributed by atoms with Crippen molar-refractivity contribution in [1.29, 1.82) is 0 Å². The van der Waals surface area contributed by atoms with Crippen molar-refractivity contribution in [2.75, 3.05) is 6.61 Å². The van der Waals surface area contributed by atoms with E-state index in [0.717, 1.165) is 5.56 Å². The molecule has 0 radical (unpaired) electrons. The van der Waals surface area contributed by atoms with Crippen LogP contribution in [0.1, 0.15) is 30.5 Å². The van der Waals surface area contributed by atoms with Gasteiger partial charge in [-0.25, -0.2) is 9.82 Å². The van der Waals surface area contributed by atoms with Crippen molar-refractivity contribution < 1.29 is 13.9 Å². The van der Waals surface area contributed by atoms with Gasteiger partial charge >= 0.3 is 0 Å². The van der Waals surface area contributed by atoms with E-state index in [1.807, 2.05) is 42.5 Å². The smallest absolute Gasteiger partial charge is 0.277 e. The molecule has 3 rings (SSSR count). The lowest BCUT2D eigenvalue weighted by Gasteiger charge is -2.26. The minimum Gasteiger partial charge on any atom is -0.484 e. The highest BCUT2D eigenvalue weighted by Gasteiger charge is 2.22. The minimum absolute atomic E-state index is 0.136. The van der Waals surface area contributed by atoms with E-state index in [0.29, 0.717) is 11.3 Å². The van der Waals surface area contributed by atoms with Crippen LogP contribution in [0.15, 0.2) is 84.0 Å². The van der Waals surface area contributed by atoms with Gasteiger partial charge in [0.1, 0.15) is 11.6 Å². The fraction of sp³-hybridized carbons (Fsp3) is 0.167. The summed E-state index contributed by atoms with van der Waals surface area (Å²) in [5, 5.41) is 3.80. The standard InChI is InChI=1S/C24H23FN2O2/c1-24(2,19-8-4-3-5-9-19)20-11-13-22(14-12-20)29-17-23(28)27-26-16-18-7-6-10-21(25)15-18/h3-16H,17H2,1-2H3,(H,27,28)/b26-16+. The first-order chi connectivity index (χ1) is 13.9. The first-order valence-electron chi connectivity index (χ1n) is 9.31. The molecule has 4 nitrogen and oxygen atoms in total. The molecule has 0 aliphatic carbocycles. The largest absolute Gasteiger partial charge is 0.484 e. The third kappa shape index (κ3) is 5.51. The summed E-state index contributed by atoms with van der Waals surface area (Å²) in [4.78, 5) is 11.9. The zero-order chi connectivity index (χ0) is 20.7. The summed E-state index contributed by atoms with van der Waals surface area (Å²) >= 11 is 0. The van der Waals surface area contributed by atoms with Crippen molar-refractivity contribution in [2.24, 2.45) is 5.10 Å². The van der Waals surface area contributed by atoms with Gasteiger partial charge in [-0.15, -0.1) is 0 Å². The van der Waals surface area contributed by atoms with Gasteiger partial charge in [0.2, 0.25) is 0 Å². The molecular weight excluding hydrogens is 367 g/mol. The summed E-state index contributed by atoms with van der Waals surface area (Å²) in [6, 6.07) is 23.9. The number of carbonyl (C=O) groups excluding carboxylic acids is 1. The molecule has 0 heterocycles. The number of carbonyl (C=O) groups is 1. The summed E-state index contributed by atoms with van der Waals surface area (Å²) in [6.45, 7) is 4.17. The molecule has 148 valence electrons. The number of hydrazone groups is 1.